The van der Waals surface area contributed by atoms with E-state index in [1.54, 1.807) is 25.1 Å². The van der Waals surface area contributed by atoms with Gasteiger partial charge in [-0.15, -0.1) is 0 Å². The number of aryl methyl sites for hydroxylation is 1. The zero-order valence-corrected chi connectivity index (χ0v) is 16.8. The topological polar surface area (TPSA) is 67.4 Å². The molecule has 0 heterocycles. The summed E-state index contributed by atoms with van der Waals surface area (Å²) in [5, 5.41) is 6.46. The van der Waals surface area contributed by atoms with Crippen molar-refractivity contribution in [3.05, 3.63) is 64.7 Å². The Bertz CT molecular complexity index is 837. The van der Waals surface area contributed by atoms with E-state index in [9.17, 15) is 9.59 Å². The first-order valence-electron chi connectivity index (χ1n) is 9.50. The van der Waals surface area contributed by atoms with E-state index in [-0.39, 0.29) is 17.9 Å². The molecule has 148 valence electrons. The maximum absolute atomic E-state index is 12.7. The van der Waals surface area contributed by atoms with E-state index in [4.69, 9.17) is 16.3 Å². The average molecular weight is 401 g/mol. The SMILES string of the molecule is Cc1cc(OC(C)C(=O)NC(Cc2ccccc2)C(=O)NC2CC2)ccc1Cl. The number of carbonyl (C=O) groups is 2. The Labute approximate surface area is 170 Å². The van der Waals surface area contributed by atoms with Crippen molar-refractivity contribution in [3.8, 4) is 5.75 Å². The zero-order valence-electron chi connectivity index (χ0n) is 16.1. The standard InChI is InChI=1S/C22H25ClN2O3/c1-14-12-18(10-11-19(14)23)28-15(2)21(26)25-20(22(27)24-17-8-9-17)13-16-6-4-3-5-7-16/h3-7,10-12,15,17,20H,8-9,13H2,1-2H3,(H,24,27)(H,25,26). The minimum absolute atomic E-state index is 0.158. The highest BCUT2D eigenvalue weighted by atomic mass is 35.5. The molecule has 0 bridgehead atoms. The summed E-state index contributed by atoms with van der Waals surface area (Å²) in [6, 6.07) is 14.5. The zero-order chi connectivity index (χ0) is 20.1. The lowest BCUT2D eigenvalue weighted by molar-refractivity contribution is -0.132. The molecule has 0 aromatic heterocycles. The molecular weight excluding hydrogens is 376 g/mol. The van der Waals surface area contributed by atoms with E-state index in [0.717, 1.165) is 24.0 Å². The van der Waals surface area contributed by atoms with Crippen LogP contribution >= 0.6 is 11.6 Å². The van der Waals surface area contributed by atoms with Crippen molar-refractivity contribution in [1.82, 2.24) is 10.6 Å². The van der Waals surface area contributed by atoms with Crippen LogP contribution in [0.5, 0.6) is 5.75 Å². The van der Waals surface area contributed by atoms with E-state index in [1.807, 2.05) is 37.3 Å². The van der Waals surface area contributed by atoms with Gasteiger partial charge in [0.15, 0.2) is 6.10 Å². The van der Waals surface area contributed by atoms with Crippen molar-refractivity contribution >= 4 is 23.4 Å². The van der Waals surface area contributed by atoms with Crippen molar-refractivity contribution in [1.29, 1.82) is 0 Å². The quantitative estimate of drug-likeness (QED) is 0.713. The number of carbonyl (C=O) groups excluding carboxylic acids is 2. The van der Waals surface area contributed by atoms with Gasteiger partial charge in [-0.1, -0.05) is 41.9 Å². The fourth-order valence-electron chi connectivity index (χ4n) is 2.83. The van der Waals surface area contributed by atoms with Crippen molar-refractivity contribution in [2.24, 2.45) is 0 Å². The lowest BCUT2D eigenvalue weighted by Gasteiger charge is -2.21. The van der Waals surface area contributed by atoms with Crippen LogP contribution in [0.4, 0.5) is 0 Å². The molecule has 0 spiro atoms. The van der Waals surface area contributed by atoms with Crippen molar-refractivity contribution in [2.45, 2.75) is 51.3 Å². The molecule has 2 aromatic carbocycles. The predicted molar refractivity (Wildman–Crippen MR) is 110 cm³/mol. The van der Waals surface area contributed by atoms with Gasteiger partial charge in [-0.05, 0) is 56.0 Å². The highest BCUT2D eigenvalue weighted by Gasteiger charge is 2.29. The third-order valence-electron chi connectivity index (χ3n) is 4.65. The lowest BCUT2D eigenvalue weighted by Crippen LogP contribution is -2.51. The van der Waals surface area contributed by atoms with Crippen LogP contribution in [0.3, 0.4) is 0 Å². The number of nitrogens with one attached hydrogen (secondary N) is 2. The van der Waals surface area contributed by atoms with Gasteiger partial charge in [-0.3, -0.25) is 9.59 Å². The minimum atomic E-state index is -0.743. The Morgan fingerprint density at radius 2 is 1.86 bits per heavy atom. The minimum Gasteiger partial charge on any atom is -0.481 e. The van der Waals surface area contributed by atoms with Gasteiger partial charge in [0.2, 0.25) is 5.91 Å². The maximum atomic E-state index is 12.7. The largest absolute Gasteiger partial charge is 0.481 e. The van der Waals surface area contributed by atoms with E-state index in [1.165, 1.54) is 0 Å². The molecule has 0 radical (unpaired) electrons. The molecule has 1 aliphatic rings. The number of halogens is 1. The van der Waals surface area contributed by atoms with E-state index < -0.39 is 12.1 Å². The highest BCUT2D eigenvalue weighted by Crippen LogP contribution is 2.22. The number of ether oxygens (including phenoxy) is 1. The molecule has 2 N–H and O–H groups in total. The van der Waals surface area contributed by atoms with Crippen LogP contribution in [-0.2, 0) is 16.0 Å². The van der Waals surface area contributed by atoms with Gasteiger partial charge in [0.25, 0.3) is 5.91 Å². The Morgan fingerprint density at radius 3 is 2.50 bits per heavy atom. The number of hydrogen-bond donors (Lipinski definition) is 2. The molecular formula is C22H25ClN2O3. The third kappa shape index (κ3) is 5.73. The van der Waals surface area contributed by atoms with Crippen LogP contribution in [0.25, 0.3) is 0 Å². The highest BCUT2D eigenvalue weighted by molar-refractivity contribution is 6.31. The van der Waals surface area contributed by atoms with E-state index in [2.05, 4.69) is 10.6 Å². The van der Waals surface area contributed by atoms with E-state index in [0.29, 0.717) is 17.2 Å². The molecule has 1 saturated carbocycles. The molecule has 5 nitrogen and oxygen atoms in total. The van der Waals surface area contributed by atoms with Gasteiger partial charge in [0.05, 0.1) is 0 Å². The van der Waals surface area contributed by atoms with Crippen molar-refractivity contribution in [2.75, 3.05) is 0 Å². The van der Waals surface area contributed by atoms with Crippen molar-refractivity contribution in [3.63, 3.8) is 0 Å². The van der Waals surface area contributed by atoms with E-state index >= 15 is 0 Å². The van der Waals surface area contributed by atoms with Crippen LogP contribution in [0.15, 0.2) is 48.5 Å². The second kappa shape index (κ2) is 9.11. The summed E-state index contributed by atoms with van der Waals surface area (Å²) in [6.45, 7) is 3.54. The van der Waals surface area contributed by atoms with Crippen LogP contribution < -0.4 is 15.4 Å². The summed E-state index contributed by atoms with van der Waals surface area (Å²) in [7, 11) is 0. The average Bonchev–Trinajstić information content (AvgIpc) is 3.49. The van der Waals surface area contributed by atoms with Gasteiger partial charge < -0.3 is 15.4 Å². The molecule has 1 aliphatic carbocycles. The normalized spacial score (nSPS) is 15.4. The van der Waals surface area contributed by atoms with Gasteiger partial charge >= 0.3 is 0 Å². The van der Waals surface area contributed by atoms with Gasteiger partial charge in [-0.25, -0.2) is 0 Å². The first-order chi connectivity index (χ1) is 13.4. The molecule has 3 rings (SSSR count). The molecule has 2 atom stereocenters. The fourth-order valence-corrected chi connectivity index (χ4v) is 2.94. The van der Waals surface area contributed by atoms with Crippen molar-refractivity contribution < 1.29 is 14.3 Å². The number of rotatable bonds is 8. The first-order valence-corrected chi connectivity index (χ1v) is 9.87. The third-order valence-corrected chi connectivity index (χ3v) is 5.07. The Kier molecular flexibility index (Phi) is 6.57. The smallest absolute Gasteiger partial charge is 0.261 e. The predicted octanol–water partition coefficient (Wildman–Crippen LogP) is 3.42. The van der Waals surface area contributed by atoms with Crippen LogP contribution in [0.1, 0.15) is 30.9 Å². The molecule has 2 aromatic rings. The Balaban J connectivity index is 1.64. The van der Waals surface area contributed by atoms with Crippen LogP contribution in [0.2, 0.25) is 5.02 Å². The van der Waals surface area contributed by atoms with Gasteiger partial charge in [-0.2, -0.15) is 0 Å². The molecule has 1 fully saturated rings. The summed E-state index contributed by atoms with van der Waals surface area (Å²) >= 11 is 6.03. The molecule has 0 aliphatic heterocycles. The number of benzene rings is 2. The van der Waals surface area contributed by atoms with Crippen LogP contribution in [-0.4, -0.2) is 30.0 Å². The van der Waals surface area contributed by atoms with Crippen LogP contribution in [0, 0.1) is 6.92 Å². The first kappa shape index (κ1) is 20.2. The molecule has 2 unspecified atom stereocenters. The fraction of sp³-hybridized carbons (Fsp3) is 0.364. The molecule has 2 amide bonds. The Hall–Kier alpha value is -2.53. The number of hydrogen-bond acceptors (Lipinski definition) is 3. The lowest BCUT2D eigenvalue weighted by atomic mass is 10.0. The summed E-state index contributed by atoms with van der Waals surface area (Å²) in [4.78, 5) is 25.3. The molecule has 28 heavy (non-hydrogen) atoms. The summed E-state index contributed by atoms with van der Waals surface area (Å²) < 4.78 is 5.73. The molecule has 0 saturated heterocycles. The summed E-state index contributed by atoms with van der Waals surface area (Å²) in [5.41, 5.74) is 1.86. The maximum Gasteiger partial charge on any atom is 0.261 e. The summed E-state index contributed by atoms with van der Waals surface area (Å²) in [6.07, 6.45) is 1.67. The summed E-state index contributed by atoms with van der Waals surface area (Å²) in [5.74, 6) is 0.0697. The second-order valence-electron chi connectivity index (χ2n) is 7.20. The van der Waals surface area contributed by atoms with Gasteiger partial charge in [0, 0.05) is 17.5 Å². The monoisotopic (exact) mass is 400 g/mol. The van der Waals surface area contributed by atoms with Gasteiger partial charge in [0.1, 0.15) is 11.8 Å². The Morgan fingerprint density at radius 1 is 1.14 bits per heavy atom. The molecule has 6 heteroatoms. The second-order valence-corrected chi connectivity index (χ2v) is 7.61. The number of amides is 2.